The van der Waals surface area contributed by atoms with E-state index in [1.165, 1.54) is 23.2 Å². The number of carbonyl (C=O) groups is 1. The number of amides is 1. The van der Waals surface area contributed by atoms with Gasteiger partial charge in [-0.15, -0.1) is 0 Å². The van der Waals surface area contributed by atoms with Crippen LogP contribution in [-0.2, 0) is 6.54 Å². The van der Waals surface area contributed by atoms with Gasteiger partial charge in [0, 0.05) is 19.8 Å². The van der Waals surface area contributed by atoms with Crippen LogP contribution in [0.5, 0.6) is 0 Å². The van der Waals surface area contributed by atoms with Gasteiger partial charge >= 0.3 is 0 Å². The second-order valence-corrected chi connectivity index (χ2v) is 4.67. The molecule has 0 bridgehead atoms. The van der Waals surface area contributed by atoms with Gasteiger partial charge in [-0.25, -0.2) is 13.8 Å². The Balaban J connectivity index is 2.11. The fourth-order valence-electron chi connectivity index (χ4n) is 1.71. The van der Waals surface area contributed by atoms with Crippen molar-refractivity contribution in [3.63, 3.8) is 0 Å². The maximum Gasteiger partial charge on any atom is 0.255 e. The normalized spacial score (nSPS) is 10.4. The predicted molar refractivity (Wildman–Crippen MR) is 71.4 cm³/mol. The van der Waals surface area contributed by atoms with Crippen molar-refractivity contribution in [2.24, 2.45) is 0 Å². The molecule has 0 spiro atoms. The molecule has 3 nitrogen and oxygen atoms in total. The van der Waals surface area contributed by atoms with E-state index in [-0.39, 0.29) is 12.5 Å². The molecule has 0 fully saturated rings. The van der Waals surface area contributed by atoms with Crippen LogP contribution < -0.4 is 0 Å². The molecule has 0 radical (unpaired) electrons. The van der Waals surface area contributed by atoms with Crippen LogP contribution in [0.15, 0.2) is 36.5 Å². The monoisotopic (exact) mass is 296 g/mol. The molecule has 2 aromatic rings. The van der Waals surface area contributed by atoms with Crippen LogP contribution in [0.4, 0.5) is 8.78 Å². The molecule has 2 rings (SSSR count). The van der Waals surface area contributed by atoms with Gasteiger partial charge in [0.15, 0.2) is 11.6 Å². The number of hydrogen-bond donors (Lipinski definition) is 0. The number of benzene rings is 1. The summed E-state index contributed by atoms with van der Waals surface area (Å²) in [6.45, 7) is 0.165. The lowest BCUT2D eigenvalue weighted by Gasteiger charge is -2.17. The van der Waals surface area contributed by atoms with Gasteiger partial charge in [-0.1, -0.05) is 17.7 Å². The number of carbonyl (C=O) groups excluding carboxylic acids is 1. The summed E-state index contributed by atoms with van der Waals surface area (Å²) >= 11 is 5.64. The maximum absolute atomic E-state index is 13.1. The summed E-state index contributed by atoms with van der Waals surface area (Å²) in [7, 11) is 1.57. The van der Waals surface area contributed by atoms with Gasteiger partial charge in [0.2, 0.25) is 0 Å². The zero-order valence-electron chi connectivity index (χ0n) is 10.6. The highest BCUT2D eigenvalue weighted by molar-refractivity contribution is 6.29. The van der Waals surface area contributed by atoms with E-state index in [4.69, 9.17) is 11.6 Å². The van der Waals surface area contributed by atoms with Gasteiger partial charge in [0.25, 0.3) is 5.91 Å². The molecule has 0 aliphatic carbocycles. The van der Waals surface area contributed by atoms with Gasteiger partial charge in [-0.3, -0.25) is 4.79 Å². The predicted octanol–water partition coefficient (Wildman–Crippen LogP) is 3.29. The summed E-state index contributed by atoms with van der Waals surface area (Å²) in [5.41, 5.74) is 0.876. The van der Waals surface area contributed by atoms with Gasteiger partial charge < -0.3 is 4.90 Å². The molecule has 1 aromatic heterocycles. The molecule has 0 saturated heterocycles. The summed E-state index contributed by atoms with van der Waals surface area (Å²) in [6, 6.07) is 6.61. The van der Waals surface area contributed by atoms with Crippen LogP contribution in [0.1, 0.15) is 15.9 Å². The van der Waals surface area contributed by atoms with E-state index in [0.29, 0.717) is 16.3 Å². The molecular weight excluding hydrogens is 286 g/mol. The zero-order chi connectivity index (χ0) is 14.7. The molecule has 0 unspecified atom stereocenters. The number of aromatic nitrogens is 1. The Labute approximate surface area is 119 Å². The summed E-state index contributed by atoms with van der Waals surface area (Å²) in [5, 5.41) is 0.296. The van der Waals surface area contributed by atoms with Crippen molar-refractivity contribution in [3.8, 4) is 0 Å². The van der Waals surface area contributed by atoms with Crippen molar-refractivity contribution < 1.29 is 13.6 Å². The molecule has 0 N–H and O–H groups in total. The Hall–Kier alpha value is -2.01. The first-order valence-corrected chi connectivity index (χ1v) is 6.16. The number of nitrogens with zero attached hydrogens (tertiary/aromatic N) is 2. The Kier molecular flexibility index (Phi) is 4.29. The lowest BCUT2D eigenvalue weighted by Crippen LogP contribution is -2.26. The quantitative estimate of drug-likeness (QED) is 0.814. The summed E-state index contributed by atoms with van der Waals surface area (Å²) < 4.78 is 25.9. The van der Waals surface area contributed by atoms with Crippen LogP contribution in [-0.4, -0.2) is 22.8 Å². The molecule has 0 aliphatic heterocycles. The standard InChI is InChI=1S/C14H11ClF2N2O/c1-19(8-9-2-4-11(16)12(17)6-9)14(20)10-3-5-13(15)18-7-10/h2-7H,8H2,1H3. The molecule has 20 heavy (non-hydrogen) atoms. The molecule has 0 aliphatic rings. The van der Waals surface area contributed by atoms with Gasteiger partial charge in [0.1, 0.15) is 5.15 Å². The summed E-state index contributed by atoms with van der Waals surface area (Å²) in [6.07, 6.45) is 1.37. The minimum atomic E-state index is -0.934. The van der Waals surface area contributed by atoms with E-state index in [0.717, 1.165) is 12.1 Å². The Bertz CT molecular complexity index is 632. The lowest BCUT2D eigenvalue weighted by atomic mass is 10.2. The highest BCUT2D eigenvalue weighted by Crippen LogP contribution is 2.13. The van der Waals surface area contributed by atoms with Crippen LogP contribution in [0, 0.1) is 11.6 Å². The number of pyridine rings is 1. The molecule has 104 valence electrons. The Morgan fingerprint density at radius 3 is 2.60 bits per heavy atom. The van der Waals surface area contributed by atoms with E-state index in [2.05, 4.69) is 4.98 Å². The SMILES string of the molecule is CN(Cc1ccc(F)c(F)c1)C(=O)c1ccc(Cl)nc1. The number of rotatable bonds is 3. The minimum absolute atomic E-state index is 0.165. The lowest BCUT2D eigenvalue weighted by molar-refractivity contribution is 0.0784. The minimum Gasteiger partial charge on any atom is -0.337 e. The molecule has 6 heteroatoms. The average molecular weight is 297 g/mol. The largest absolute Gasteiger partial charge is 0.337 e. The number of hydrogen-bond acceptors (Lipinski definition) is 2. The first kappa shape index (κ1) is 14.4. The summed E-state index contributed by atoms with van der Waals surface area (Å²) in [5.74, 6) is -2.12. The first-order valence-electron chi connectivity index (χ1n) is 5.78. The summed E-state index contributed by atoms with van der Waals surface area (Å²) in [4.78, 5) is 17.3. The smallest absolute Gasteiger partial charge is 0.255 e. The molecular formula is C14H11ClF2N2O. The fourth-order valence-corrected chi connectivity index (χ4v) is 1.82. The highest BCUT2D eigenvalue weighted by atomic mass is 35.5. The molecule has 1 aromatic carbocycles. The molecule has 0 atom stereocenters. The topological polar surface area (TPSA) is 33.2 Å². The molecule has 1 heterocycles. The second kappa shape index (κ2) is 5.96. The van der Waals surface area contributed by atoms with Crippen molar-refractivity contribution in [3.05, 3.63) is 64.4 Å². The third kappa shape index (κ3) is 3.30. The van der Waals surface area contributed by atoms with Gasteiger partial charge in [-0.2, -0.15) is 0 Å². The molecule has 1 amide bonds. The van der Waals surface area contributed by atoms with E-state index in [1.807, 2.05) is 0 Å². The molecule has 0 saturated carbocycles. The third-order valence-electron chi connectivity index (χ3n) is 2.72. The van der Waals surface area contributed by atoms with Crippen LogP contribution >= 0.6 is 11.6 Å². The van der Waals surface area contributed by atoms with Crippen LogP contribution in [0.25, 0.3) is 0 Å². The number of halogens is 3. The van der Waals surface area contributed by atoms with Crippen molar-refractivity contribution >= 4 is 17.5 Å². The van der Waals surface area contributed by atoms with E-state index < -0.39 is 11.6 Å². The fraction of sp³-hybridized carbons (Fsp3) is 0.143. The Morgan fingerprint density at radius 2 is 2.00 bits per heavy atom. The maximum atomic E-state index is 13.1. The van der Waals surface area contributed by atoms with Crippen LogP contribution in [0.3, 0.4) is 0 Å². The highest BCUT2D eigenvalue weighted by Gasteiger charge is 2.13. The second-order valence-electron chi connectivity index (χ2n) is 4.28. The average Bonchev–Trinajstić information content (AvgIpc) is 2.43. The first-order chi connectivity index (χ1) is 9.47. The van der Waals surface area contributed by atoms with Gasteiger partial charge in [-0.05, 0) is 29.8 Å². The van der Waals surface area contributed by atoms with E-state index in [1.54, 1.807) is 13.1 Å². The van der Waals surface area contributed by atoms with Crippen molar-refractivity contribution in [1.29, 1.82) is 0 Å². The van der Waals surface area contributed by atoms with Crippen LogP contribution in [0.2, 0.25) is 5.15 Å². The Morgan fingerprint density at radius 1 is 1.25 bits per heavy atom. The van der Waals surface area contributed by atoms with Crippen molar-refractivity contribution in [1.82, 2.24) is 9.88 Å². The zero-order valence-corrected chi connectivity index (χ0v) is 11.4. The van der Waals surface area contributed by atoms with Gasteiger partial charge in [0.05, 0.1) is 5.56 Å². The third-order valence-corrected chi connectivity index (χ3v) is 2.95. The van der Waals surface area contributed by atoms with Crippen molar-refractivity contribution in [2.45, 2.75) is 6.54 Å². The van der Waals surface area contributed by atoms with E-state index >= 15 is 0 Å². The van der Waals surface area contributed by atoms with E-state index in [9.17, 15) is 13.6 Å². The van der Waals surface area contributed by atoms with Crippen molar-refractivity contribution in [2.75, 3.05) is 7.05 Å².